The highest BCUT2D eigenvalue weighted by Crippen LogP contribution is 2.40. The first-order valence-corrected chi connectivity index (χ1v) is 14.6. The van der Waals surface area contributed by atoms with Gasteiger partial charge in [-0.1, -0.05) is 23.4 Å². The number of fused-ring (bicyclic) bond motifs is 1. The first-order chi connectivity index (χ1) is 20.8. The molecule has 216 valence electrons. The van der Waals surface area contributed by atoms with E-state index in [9.17, 15) is 18.7 Å². The van der Waals surface area contributed by atoms with E-state index in [1.807, 2.05) is 48.1 Å². The van der Waals surface area contributed by atoms with E-state index in [4.69, 9.17) is 14.5 Å². The Balaban J connectivity index is 1.43. The van der Waals surface area contributed by atoms with Gasteiger partial charge in [0.15, 0.2) is 16.8 Å². The Morgan fingerprint density at radius 2 is 1.86 bits per heavy atom. The van der Waals surface area contributed by atoms with E-state index in [0.29, 0.717) is 40.8 Å². The van der Waals surface area contributed by atoms with Crippen LogP contribution in [0.2, 0.25) is 0 Å². The number of carbonyl (C=O) groups is 1. The van der Waals surface area contributed by atoms with Gasteiger partial charge in [-0.05, 0) is 68.7 Å². The third kappa shape index (κ3) is 4.65. The molecule has 0 unspecified atom stereocenters. The van der Waals surface area contributed by atoms with Crippen molar-refractivity contribution in [3.63, 3.8) is 0 Å². The number of halogens is 2. The summed E-state index contributed by atoms with van der Waals surface area (Å²) < 4.78 is 35.6. The smallest absolute Gasteiger partial charge is 0.227 e. The van der Waals surface area contributed by atoms with Crippen LogP contribution in [0, 0.1) is 25.5 Å². The van der Waals surface area contributed by atoms with E-state index >= 15 is 0 Å². The molecule has 0 radical (unpaired) electrons. The van der Waals surface area contributed by atoms with Gasteiger partial charge >= 0.3 is 0 Å². The molecule has 43 heavy (non-hydrogen) atoms. The molecule has 1 saturated heterocycles. The van der Waals surface area contributed by atoms with Crippen molar-refractivity contribution in [1.29, 1.82) is 0 Å². The number of aromatic hydroxyl groups is 1. The van der Waals surface area contributed by atoms with Crippen LogP contribution >= 0.6 is 11.3 Å². The second-order valence-corrected chi connectivity index (χ2v) is 11.4. The minimum atomic E-state index is -1.03. The summed E-state index contributed by atoms with van der Waals surface area (Å²) in [6.07, 6.45) is 1.46. The average Bonchev–Trinajstić information content (AvgIpc) is 3.71. The number of piperidine rings is 1. The minimum Gasteiger partial charge on any atom is -0.508 e. The summed E-state index contributed by atoms with van der Waals surface area (Å²) >= 11 is 1.40. The molecule has 4 heterocycles. The van der Waals surface area contributed by atoms with Crippen LogP contribution in [0.3, 0.4) is 0 Å². The topological polar surface area (TPSA) is 97.3 Å². The Kier molecular flexibility index (Phi) is 6.54. The molecular formula is C32H25F2N5O3S. The van der Waals surface area contributed by atoms with Crippen molar-refractivity contribution in [3.05, 3.63) is 95.0 Å². The van der Waals surface area contributed by atoms with Gasteiger partial charge < -0.3 is 14.5 Å². The summed E-state index contributed by atoms with van der Waals surface area (Å²) in [5.41, 5.74) is 5.67. The lowest BCUT2D eigenvalue weighted by atomic mass is 9.99. The lowest BCUT2D eigenvalue weighted by molar-refractivity contribution is -0.120. The highest BCUT2D eigenvalue weighted by atomic mass is 32.1. The highest BCUT2D eigenvalue weighted by Gasteiger charge is 2.35. The molecule has 0 saturated carbocycles. The Morgan fingerprint density at radius 3 is 2.63 bits per heavy atom. The van der Waals surface area contributed by atoms with Gasteiger partial charge in [-0.3, -0.25) is 9.36 Å². The number of amides is 1. The standard InChI is InChI=1S/C32H25F2N5O3S/c1-17-30(18(2)42-37-17)20-9-12-27-25(14-20)35-31(39(27)32-36-26(16-43-32)19-5-3-6-22(40)13-19)28-7-4-8-29(41)38(28)21-10-11-23(33)24(34)15-21/h3,5-6,9-16,28,40H,4,7-8H2,1-2H3/t28-/m0/s1. The number of hydrogen-bond acceptors (Lipinski definition) is 7. The van der Waals surface area contributed by atoms with Gasteiger partial charge in [-0.2, -0.15) is 0 Å². The van der Waals surface area contributed by atoms with Gasteiger partial charge in [-0.15, -0.1) is 11.3 Å². The van der Waals surface area contributed by atoms with Gasteiger partial charge in [-0.25, -0.2) is 18.7 Å². The van der Waals surface area contributed by atoms with Crippen molar-refractivity contribution >= 4 is 34.0 Å². The molecular weight excluding hydrogens is 572 g/mol. The monoisotopic (exact) mass is 597 g/mol. The molecule has 0 spiro atoms. The number of carbonyl (C=O) groups excluding carboxylic acids is 1. The third-order valence-corrected chi connectivity index (χ3v) is 8.58. The fourth-order valence-electron chi connectivity index (χ4n) is 5.81. The van der Waals surface area contributed by atoms with Crippen molar-refractivity contribution in [1.82, 2.24) is 19.7 Å². The zero-order valence-electron chi connectivity index (χ0n) is 23.2. The first kappa shape index (κ1) is 27.0. The molecule has 1 amide bonds. The van der Waals surface area contributed by atoms with Crippen molar-refractivity contribution in [2.75, 3.05) is 4.90 Å². The predicted molar refractivity (Wildman–Crippen MR) is 159 cm³/mol. The summed E-state index contributed by atoms with van der Waals surface area (Å²) in [7, 11) is 0. The SMILES string of the molecule is Cc1noc(C)c1-c1ccc2c(c1)nc([C@@H]1CCCC(=O)N1c1ccc(F)c(F)c1)n2-c1nc(-c2cccc(O)c2)cs1. The summed E-state index contributed by atoms with van der Waals surface area (Å²) in [5.74, 6) is -0.823. The molecule has 1 N–H and O–H groups in total. The van der Waals surface area contributed by atoms with Crippen molar-refractivity contribution in [3.8, 4) is 33.3 Å². The number of anilines is 1. The lowest BCUT2D eigenvalue weighted by Crippen LogP contribution is -2.39. The second-order valence-electron chi connectivity index (χ2n) is 10.5. The number of aromatic nitrogens is 4. The zero-order valence-corrected chi connectivity index (χ0v) is 24.0. The van der Waals surface area contributed by atoms with Crippen LogP contribution in [0.15, 0.2) is 70.6 Å². The number of phenolic OH excluding ortho intramolecular Hbond substituents is 1. The largest absolute Gasteiger partial charge is 0.508 e. The average molecular weight is 598 g/mol. The van der Waals surface area contributed by atoms with Crippen LogP contribution in [-0.2, 0) is 4.79 Å². The molecule has 6 aromatic rings. The molecule has 8 nitrogen and oxygen atoms in total. The maximum atomic E-state index is 14.4. The number of thiazole rings is 1. The Labute approximate surface area is 248 Å². The summed E-state index contributed by atoms with van der Waals surface area (Å²) in [6.45, 7) is 3.74. The maximum absolute atomic E-state index is 14.4. The normalized spacial score (nSPS) is 15.5. The molecule has 3 aromatic heterocycles. The number of hydrogen-bond donors (Lipinski definition) is 1. The Morgan fingerprint density at radius 1 is 1.00 bits per heavy atom. The van der Waals surface area contributed by atoms with Gasteiger partial charge in [0, 0.05) is 34.7 Å². The summed E-state index contributed by atoms with van der Waals surface area (Å²) in [5, 5.41) is 16.6. The molecule has 1 aliphatic rings. The van der Waals surface area contributed by atoms with Crippen LogP contribution in [0.5, 0.6) is 5.75 Å². The van der Waals surface area contributed by atoms with Gasteiger partial charge in [0.1, 0.15) is 17.3 Å². The zero-order chi connectivity index (χ0) is 29.8. The highest BCUT2D eigenvalue weighted by molar-refractivity contribution is 7.12. The molecule has 11 heteroatoms. The van der Waals surface area contributed by atoms with E-state index in [1.54, 1.807) is 18.2 Å². The van der Waals surface area contributed by atoms with Crippen LogP contribution in [-0.4, -0.2) is 30.7 Å². The van der Waals surface area contributed by atoms with Gasteiger partial charge in [0.2, 0.25) is 5.91 Å². The lowest BCUT2D eigenvalue weighted by Gasteiger charge is -2.35. The maximum Gasteiger partial charge on any atom is 0.227 e. The van der Waals surface area contributed by atoms with Crippen molar-refractivity contribution < 1.29 is 23.2 Å². The van der Waals surface area contributed by atoms with Gasteiger partial charge in [0.25, 0.3) is 0 Å². The molecule has 1 atom stereocenters. The fraction of sp³-hybridized carbons (Fsp3) is 0.188. The summed E-state index contributed by atoms with van der Waals surface area (Å²) in [4.78, 5) is 24.8. The van der Waals surface area contributed by atoms with Crippen molar-refractivity contribution in [2.45, 2.75) is 39.2 Å². The second kappa shape index (κ2) is 10.4. The number of nitrogens with zero attached hydrogens (tertiary/aromatic N) is 5. The quantitative estimate of drug-likeness (QED) is 0.219. The van der Waals surface area contributed by atoms with Crippen LogP contribution < -0.4 is 4.90 Å². The van der Waals surface area contributed by atoms with Crippen molar-refractivity contribution in [2.24, 2.45) is 0 Å². The number of phenols is 1. The number of rotatable bonds is 5. The van der Waals surface area contributed by atoms with E-state index < -0.39 is 17.7 Å². The predicted octanol–water partition coefficient (Wildman–Crippen LogP) is 7.66. The van der Waals surface area contributed by atoms with Crippen LogP contribution in [0.25, 0.3) is 38.5 Å². The third-order valence-electron chi connectivity index (χ3n) is 7.76. The number of benzene rings is 3. The molecule has 1 aliphatic heterocycles. The molecule has 7 rings (SSSR count). The van der Waals surface area contributed by atoms with Gasteiger partial charge in [0.05, 0.1) is 28.5 Å². The number of aryl methyl sites for hydroxylation is 2. The fourth-order valence-corrected chi connectivity index (χ4v) is 6.67. The summed E-state index contributed by atoms with van der Waals surface area (Å²) in [6, 6.07) is 15.7. The minimum absolute atomic E-state index is 0.135. The number of imidazole rings is 1. The molecule has 1 fully saturated rings. The van der Waals surface area contributed by atoms with E-state index in [-0.39, 0.29) is 23.8 Å². The van der Waals surface area contributed by atoms with E-state index in [0.717, 1.165) is 40.0 Å². The van der Waals surface area contributed by atoms with Crippen LogP contribution in [0.4, 0.5) is 14.5 Å². The van der Waals surface area contributed by atoms with E-state index in [2.05, 4.69) is 5.16 Å². The van der Waals surface area contributed by atoms with E-state index in [1.165, 1.54) is 22.3 Å². The Hall–Kier alpha value is -4.90. The molecule has 0 bridgehead atoms. The Bertz CT molecular complexity index is 2010. The molecule has 0 aliphatic carbocycles. The first-order valence-electron chi connectivity index (χ1n) is 13.8. The van der Waals surface area contributed by atoms with Crippen LogP contribution in [0.1, 0.15) is 42.6 Å². The molecule has 3 aromatic carbocycles.